The number of benzene rings is 2. The maximum absolute atomic E-state index is 12.7. The molecule has 154 valence electrons. The fraction of sp³-hybridized carbons (Fsp3) is 0.261. The molecular weight excluding hydrogens is 386 g/mol. The van der Waals surface area contributed by atoms with Crippen molar-refractivity contribution in [1.82, 2.24) is 4.90 Å². The highest BCUT2D eigenvalue weighted by Gasteiger charge is 2.33. The minimum Gasteiger partial charge on any atom is -0.548 e. The zero-order valence-corrected chi connectivity index (χ0v) is 16.4. The van der Waals surface area contributed by atoms with E-state index in [0.29, 0.717) is 30.7 Å². The highest BCUT2D eigenvalue weighted by atomic mass is 16.5. The molecule has 0 radical (unpaired) electrons. The summed E-state index contributed by atoms with van der Waals surface area (Å²) in [6, 6.07) is 15.0. The Morgan fingerprint density at radius 3 is 2.67 bits per heavy atom. The third-order valence-corrected chi connectivity index (χ3v) is 5.27. The van der Waals surface area contributed by atoms with Gasteiger partial charge >= 0.3 is 5.63 Å². The maximum atomic E-state index is 12.7. The van der Waals surface area contributed by atoms with Crippen LogP contribution in [-0.4, -0.2) is 35.5 Å². The normalized spacial score (nSPS) is 17.1. The van der Waals surface area contributed by atoms with Crippen LogP contribution in [0.3, 0.4) is 0 Å². The quantitative estimate of drug-likeness (QED) is 0.601. The highest BCUT2D eigenvalue weighted by molar-refractivity contribution is 5.94. The van der Waals surface area contributed by atoms with Gasteiger partial charge in [0.2, 0.25) is 0 Å². The number of likely N-dealkylation sites (tertiary alicyclic amines) is 1. The minimum absolute atomic E-state index is 0.340. The number of carbonyl (C=O) groups is 2. The predicted molar refractivity (Wildman–Crippen MR) is 108 cm³/mol. The van der Waals surface area contributed by atoms with Gasteiger partial charge in [-0.15, -0.1) is 0 Å². The van der Waals surface area contributed by atoms with Gasteiger partial charge in [0.15, 0.2) is 6.10 Å². The fourth-order valence-electron chi connectivity index (χ4n) is 3.84. The number of hydrogen-bond donors (Lipinski definition) is 0. The van der Waals surface area contributed by atoms with E-state index in [0.717, 1.165) is 16.5 Å². The Hall–Kier alpha value is -3.61. The van der Waals surface area contributed by atoms with Crippen LogP contribution in [0.1, 0.15) is 19.8 Å². The first kappa shape index (κ1) is 19.7. The number of nitrogens with zero attached hydrogens (tertiary/aromatic N) is 1. The van der Waals surface area contributed by atoms with Gasteiger partial charge in [-0.05, 0) is 43.0 Å². The summed E-state index contributed by atoms with van der Waals surface area (Å²) in [6.45, 7) is 1.92. The lowest BCUT2D eigenvalue weighted by atomic mass is 10.0. The number of aliphatic carboxylic acids is 1. The topological polar surface area (TPSA) is 99.9 Å². The van der Waals surface area contributed by atoms with Crippen molar-refractivity contribution < 1.29 is 23.8 Å². The summed E-state index contributed by atoms with van der Waals surface area (Å²) in [7, 11) is 0. The Balaban J connectivity index is 1.60. The molecule has 0 aliphatic carbocycles. The van der Waals surface area contributed by atoms with E-state index >= 15 is 0 Å². The van der Waals surface area contributed by atoms with Crippen LogP contribution >= 0.6 is 0 Å². The molecule has 0 N–H and O–H groups in total. The van der Waals surface area contributed by atoms with Crippen LogP contribution in [0.4, 0.5) is 0 Å². The Bertz CT molecular complexity index is 1150. The summed E-state index contributed by atoms with van der Waals surface area (Å²) in [6.07, 6.45) is 0.0939. The van der Waals surface area contributed by atoms with Crippen LogP contribution in [0.25, 0.3) is 22.1 Å². The third-order valence-electron chi connectivity index (χ3n) is 5.27. The average molecular weight is 406 g/mol. The lowest BCUT2D eigenvalue weighted by Crippen LogP contribution is -2.50. The van der Waals surface area contributed by atoms with E-state index in [4.69, 9.17) is 9.15 Å². The van der Waals surface area contributed by atoms with E-state index in [1.165, 1.54) is 11.0 Å². The third kappa shape index (κ3) is 3.78. The molecule has 2 aromatic carbocycles. The molecule has 2 atom stereocenters. The van der Waals surface area contributed by atoms with Crippen molar-refractivity contribution in [2.45, 2.75) is 31.9 Å². The monoisotopic (exact) mass is 406 g/mol. The largest absolute Gasteiger partial charge is 0.548 e. The summed E-state index contributed by atoms with van der Waals surface area (Å²) in [5.74, 6) is -1.32. The van der Waals surface area contributed by atoms with Crippen LogP contribution in [-0.2, 0) is 9.59 Å². The molecule has 1 fully saturated rings. The van der Waals surface area contributed by atoms with E-state index in [-0.39, 0.29) is 0 Å². The van der Waals surface area contributed by atoms with Crippen LogP contribution < -0.4 is 15.5 Å². The first-order valence-corrected chi connectivity index (χ1v) is 9.75. The van der Waals surface area contributed by atoms with E-state index in [9.17, 15) is 19.5 Å². The molecule has 30 heavy (non-hydrogen) atoms. The molecule has 7 nitrogen and oxygen atoms in total. The molecule has 0 bridgehead atoms. The van der Waals surface area contributed by atoms with Crippen molar-refractivity contribution >= 4 is 22.8 Å². The lowest BCUT2D eigenvalue weighted by molar-refractivity contribution is -0.310. The summed E-state index contributed by atoms with van der Waals surface area (Å²) < 4.78 is 11.1. The number of fused-ring (bicyclic) bond motifs is 1. The molecule has 2 heterocycles. The molecule has 4 rings (SSSR count). The minimum atomic E-state index is -1.26. The Morgan fingerprint density at radius 2 is 1.93 bits per heavy atom. The van der Waals surface area contributed by atoms with Crippen LogP contribution in [0.5, 0.6) is 5.75 Å². The van der Waals surface area contributed by atoms with Crippen LogP contribution in [0.15, 0.2) is 63.8 Å². The maximum Gasteiger partial charge on any atom is 0.336 e. The van der Waals surface area contributed by atoms with Gasteiger partial charge < -0.3 is 24.0 Å². The van der Waals surface area contributed by atoms with Gasteiger partial charge in [0, 0.05) is 24.1 Å². The molecule has 0 unspecified atom stereocenters. The van der Waals surface area contributed by atoms with Gasteiger partial charge in [-0.25, -0.2) is 4.79 Å². The number of carboxylic acids is 1. The van der Waals surface area contributed by atoms with E-state index in [1.54, 1.807) is 25.1 Å². The molecule has 1 saturated heterocycles. The SMILES string of the molecule is C[C@@H](Oc1ccc2c(-c3ccccc3)cc(=O)oc2c1)C(=O)N1CCC[C@H]1C(=O)[O-]. The summed E-state index contributed by atoms with van der Waals surface area (Å²) in [4.78, 5) is 37.2. The average Bonchev–Trinajstić information content (AvgIpc) is 3.23. The molecule has 1 aliphatic heterocycles. The van der Waals surface area contributed by atoms with Crippen molar-refractivity contribution in [2.24, 2.45) is 0 Å². The number of rotatable bonds is 5. The summed E-state index contributed by atoms with van der Waals surface area (Å²) in [5.41, 5.74) is 1.48. The van der Waals surface area contributed by atoms with Crippen LogP contribution in [0.2, 0.25) is 0 Å². The predicted octanol–water partition coefficient (Wildman–Crippen LogP) is 1.97. The summed E-state index contributed by atoms with van der Waals surface area (Å²) >= 11 is 0. The second kappa shape index (κ2) is 8.02. The van der Waals surface area contributed by atoms with E-state index in [2.05, 4.69) is 0 Å². The molecule has 0 saturated carbocycles. The number of carboxylic acid groups (broad SMARTS) is 1. The van der Waals surface area contributed by atoms with Gasteiger partial charge in [-0.1, -0.05) is 30.3 Å². The van der Waals surface area contributed by atoms with Crippen molar-refractivity contribution in [3.05, 3.63) is 65.0 Å². The molecule has 1 aromatic heterocycles. The Morgan fingerprint density at radius 1 is 1.17 bits per heavy atom. The van der Waals surface area contributed by atoms with Gasteiger partial charge in [-0.2, -0.15) is 0 Å². The van der Waals surface area contributed by atoms with Gasteiger partial charge in [0.05, 0.1) is 12.0 Å². The van der Waals surface area contributed by atoms with E-state index < -0.39 is 29.6 Å². The van der Waals surface area contributed by atoms with Crippen molar-refractivity contribution in [3.63, 3.8) is 0 Å². The smallest absolute Gasteiger partial charge is 0.336 e. The zero-order chi connectivity index (χ0) is 21.3. The van der Waals surface area contributed by atoms with Crippen molar-refractivity contribution in [3.8, 4) is 16.9 Å². The van der Waals surface area contributed by atoms with Gasteiger partial charge in [0.25, 0.3) is 5.91 Å². The lowest BCUT2D eigenvalue weighted by Gasteiger charge is -2.28. The second-order valence-electron chi connectivity index (χ2n) is 7.27. The number of hydrogen-bond acceptors (Lipinski definition) is 6. The second-order valence-corrected chi connectivity index (χ2v) is 7.27. The first-order valence-electron chi connectivity index (χ1n) is 9.75. The standard InChI is InChI=1S/C23H21NO6/c1-14(22(26)24-11-5-8-19(24)23(27)28)29-16-9-10-17-18(15-6-3-2-4-7-15)13-21(25)30-20(17)12-16/h2-4,6-7,9-10,12-14,19H,5,8,11H2,1H3,(H,27,28)/p-1/t14-,19+/m1/s1. The van der Waals surface area contributed by atoms with Gasteiger partial charge in [0.1, 0.15) is 11.3 Å². The zero-order valence-electron chi connectivity index (χ0n) is 16.4. The number of carbonyl (C=O) groups excluding carboxylic acids is 2. The van der Waals surface area contributed by atoms with Gasteiger partial charge in [-0.3, -0.25) is 4.79 Å². The molecule has 1 aliphatic rings. The van der Waals surface area contributed by atoms with Crippen molar-refractivity contribution in [1.29, 1.82) is 0 Å². The fourth-order valence-corrected chi connectivity index (χ4v) is 3.84. The highest BCUT2D eigenvalue weighted by Crippen LogP contribution is 2.30. The Labute approximate surface area is 172 Å². The molecule has 3 aromatic rings. The molecule has 7 heteroatoms. The summed E-state index contributed by atoms with van der Waals surface area (Å²) in [5, 5.41) is 12.0. The molecule has 1 amide bonds. The molecule has 0 spiro atoms. The van der Waals surface area contributed by atoms with E-state index in [1.807, 2.05) is 30.3 Å². The number of amides is 1. The Kier molecular flexibility index (Phi) is 5.27. The first-order chi connectivity index (χ1) is 14.4. The number of ether oxygens (including phenoxy) is 1. The van der Waals surface area contributed by atoms with Crippen LogP contribution in [0, 0.1) is 0 Å². The van der Waals surface area contributed by atoms with Crippen molar-refractivity contribution in [2.75, 3.05) is 6.54 Å². The molecular formula is C23H20NO6-.